The van der Waals surface area contributed by atoms with Crippen LogP contribution in [-0.4, -0.2) is 24.9 Å². The first kappa shape index (κ1) is 11.4. The fourth-order valence-corrected chi connectivity index (χ4v) is 0.432. The molecule has 0 aromatic carbocycles. The first-order valence-electron chi connectivity index (χ1n) is 3.10. The molecule has 0 rings (SSSR count). The average molecular weight is 398 g/mol. The second-order valence-electron chi connectivity index (χ2n) is 1.97. The van der Waals surface area contributed by atoms with Crippen molar-refractivity contribution >= 4 is 5.78 Å². The van der Waals surface area contributed by atoms with Gasteiger partial charge in [0, 0.05) is 0 Å². The van der Waals surface area contributed by atoms with Crippen molar-refractivity contribution in [1.82, 2.24) is 5.32 Å². The first-order valence-corrected chi connectivity index (χ1v) is 3.10. The Balaban J connectivity index is 0. The molecule has 3 nitrogen and oxygen atoms in total. The molecule has 0 bridgehead atoms. The van der Waals surface area contributed by atoms with Gasteiger partial charge in [0.2, 0.25) is 0 Å². The van der Waals surface area contributed by atoms with E-state index in [2.05, 4.69) is 5.32 Å². The summed E-state index contributed by atoms with van der Waals surface area (Å²) >= 11 is 0. The number of nitrogens with one attached hydrogen (secondary N) is 2. The zero-order valence-corrected chi connectivity index (χ0v) is 13.1. The van der Waals surface area contributed by atoms with Crippen LogP contribution < -0.4 is 5.32 Å². The maximum absolute atomic E-state index is 10.4. The van der Waals surface area contributed by atoms with Gasteiger partial charge in [-0.05, 0) is 20.0 Å². The number of ketones is 1. The van der Waals surface area contributed by atoms with Gasteiger partial charge in [0.1, 0.15) is 5.78 Å². The van der Waals surface area contributed by atoms with E-state index in [-0.39, 0.29) is 5.78 Å². The molecule has 0 aliphatic carbocycles. The summed E-state index contributed by atoms with van der Waals surface area (Å²) in [7, 11) is 0. The van der Waals surface area contributed by atoms with Gasteiger partial charge in [-0.15, -0.1) is 0 Å². The van der Waals surface area contributed by atoms with Crippen LogP contribution in [0.5, 0.6) is 0 Å². The molecule has 0 amide bonds. The Morgan fingerprint density at radius 2 is 2.20 bits per heavy atom. The van der Waals surface area contributed by atoms with Gasteiger partial charge in [-0.3, -0.25) is 0 Å². The molecule has 4 heteroatoms. The fourth-order valence-electron chi connectivity index (χ4n) is 0.432. The number of carbonyl (C=O) groups excluding carboxylic acids is 1. The summed E-state index contributed by atoms with van der Waals surface area (Å²) in [5, 5.41) is 2.92. The van der Waals surface area contributed by atoms with Gasteiger partial charge in [0.05, 0.1) is 0 Å². The molecule has 0 saturated heterocycles. The minimum atomic E-state index is -0.579. The molecule has 10 heavy (non-hydrogen) atoms. The largest absolute Gasteiger partial charge is 0.667 e. The topological polar surface area (TPSA) is 52.9 Å². The van der Waals surface area contributed by atoms with E-state index in [4.69, 9.17) is 5.73 Å². The number of carbonyl (C=O) groups is 1. The molecule has 0 saturated carbocycles. The van der Waals surface area contributed by atoms with Crippen LogP contribution in [-0.2, 0) is 4.79 Å². The van der Waals surface area contributed by atoms with Crippen molar-refractivity contribution in [1.29, 1.82) is 0 Å². The molecule has 2 N–H and O–H groups in total. The summed E-state index contributed by atoms with van der Waals surface area (Å²) in [6, 6.07) is -0.579. The molecular formula is C6H13N2OSg-. The Morgan fingerprint density at radius 1 is 1.70 bits per heavy atom. The van der Waals surface area contributed by atoms with E-state index in [0.29, 0.717) is 6.54 Å². The van der Waals surface area contributed by atoms with E-state index < -0.39 is 6.04 Å². The second kappa shape index (κ2) is 5.72. The summed E-state index contributed by atoms with van der Waals surface area (Å²) < 4.78 is 0. The third-order valence-corrected chi connectivity index (χ3v) is 1.09. The van der Waals surface area contributed by atoms with E-state index in [1.807, 2.05) is 6.92 Å². The molecule has 0 aromatic rings. The van der Waals surface area contributed by atoms with Gasteiger partial charge in [-0.1, -0.05) is 13.0 Å². The van der Waals surface area contributed by atoms with E-state index in [1.165, 1.54) is 6.92 Å². The van der Waals surface area contributed by atoms with Crippen LogP contribution in [0.4, 0.5) is 0 Å². The van der Waals surface area contributed by atoms with Gasteiger partial charge in [0.15, 0.2) is 0 Å². The van der Waals surface area contributed by atoms with Gasteiger partial charge >= 0.3 is 0 Å². The Hall–Kier alpha value is -1.41. The van der Waals surface area contributed by atoms with Crippen molar-refractivity contribution < 1.29 is 4.79 Å². The molecule has 0 radical (unpaired) electrons. The van der Waals surface area contributed by atoms with Crippen molar-refractivity contribution in [2.45, 2.75) is 19.9 Å². The van der Waals surface area contributed by atoms with Crippen molar-refractivity contribution in [3.8, 4) is 0 Å². The van der Waals surface area contributed by atoms with Gasteiger partial charge < -0.3 is 15.8 Å². The summed E-state index contributed by atoms with van der Waals surface area (Å²) in [6.45, 7) is 4.69. The van der Waals surface area contributed by atoms with E-state index in [0.717, 1.165) is 6.54 Å². The molecular weight excluding hydrogens is 385 g/mol. The zero-order valence-electron chi connectivity index (χ0n) is 6.61. The van der Waals surface area contributed by atoms with Crippen LogP contribution in [0.2, 0.25) is 0 Å². The summed E-state index contributed by atoms with van der Waals surface area (Å²) in [5.41, 5.74) is 7.12. The van der Waals surface area contributed by atoms with Gasteiger partial charge in [-0.2, -0.15) is 0 Å². The molecule has 0 fully saturated rings. The molecule has 1 unspecified atom stereocenters. The monoisotopic (exact) mass is 400 g/mol. The molecule has 0 aliphatic rings. The van der Waals surface area contributed by atoms with Crippen LogP contribution in [0.1, 0.15) is 13.8 Å². The van der Waals surface area contributed by atoms with Crippen LogP contribution in [0.3, 0.4) is 0 Å². The van der Waals surface area contributed by atoms with Crippen molar-refractivity contribution in [3.05, 3.63) is 5.73 Å². The number of rotatable bonds is 4. The smallest absolute Gasteiger partial charge is 0.113 e. The first-order chi connectivity index (χ1) is 4.18. The third kappa shape index (κ3) is 4.74. The van der Waals surface area contributed by atoms with Crippen LogP contribution in [0.25, 0.3) is 5.73 Å². The predicted molar refractivity (Wildman–Crippen MR) is 37.3 cm³/mol. The van der Waals surface area contributed by atoms with Crippen LogP contribution in [0, 0.1) is 0 Å². The number of likely N-dealkylation sites (N-methyl/N-ethyl adjacent to an activating group) is 1. The Bertz CT molecular complexity index is 97.7. The zero-order chi connectivity index (χ0) is 7.28. The maximum atomic E-state index is 10.4. The number of hydrogen-bond donors (Lipinski definition) is 1. The quantitative estimate of drug-likeness (QED) is 0.755. The summed E-state index contributed by atoms with van der Waals surface area (Å²) in [6.07, 6.45) is 0. The molecule has 56 valence electrons. The summed E-state index contributed by atoms with van der Waals surface area (Å²) in [5.74, 6) is -0.0732. The summed E-state index contributed by atoms with van der Waals surface area (Å²) in [4.78, 5) is 10.4. The predicted octanol–water partition coefficient (Wildman–Crippen LogP) is 0.606. The van der Waals surface area contributed by atoms with Crippen LogP contribution in [0.15, 0.2) is 0 Å². The molecule has 0 spiro atoms. The molecule has 0 heterocycles. The Labute approximate surface area is 55.6 Å². The molecule has 1 atom stereocenters. The van der Waals surface area contributed by atoms with Crippen molar-refractivity contribution in [3.63, 3.8) is 0 Å². The SMILES string of the molecule is CCNCC([NH-])C(C)=O.[Sg]. The standard InChI is InChI=1S/C6H13N2O.Sg/c1-3-8-4-6(7)5(2)9;/h6-8H,3-4H2,1-2H3;/q-1;. The molecule has 0 aliphatic heterocycles. The van der Waals surface area contributed by atoms with E-state index >= 15 is 0 Å². The van der Waals surface area contributed by atoms with Crippen molar-refractivity contribution in [2.75, 3.05) is 13.1 Å². The normalized spacial score (nSPS) is 11.9. The fraction of sp³-hybridized carbons (Fsp3) is 0.833. The van der Waals surface area contributed by atoms with Crippen molar-refractivity contribution in [2.24, 2.45) is 0 Å². The van der Waals surface area contributed by atoms with E-state index in [9.17, 15) is 4.79 Å². The Kier molecular flexibility index (Phi) is 6.52. The minimum Gasteiger partial charge on any atom is -0.667 e. The minimum absolute atomic E-state index is 0. The number of hydrogen-bond acceptors (Lipinski definition) is 2. The van der Waals surface area contributed by atoms with Gasteiger partial charge in [0.25, 0.3) is 0 Å². The number of Topliss-reactive ketones (excluding diaryl/α,β-unsaturated/α-hetero) is 1. The average Bonchev–Trinajstić information content (AvgIpc) is 1.82. The Morgan fingerprint density at radius 3 is 2.50 bits per heavy atom. The van der Waals surface area contributed by atoms with Crippen LogP contribution >= 0.6 is 0 Å². The maximum Gasteiger partial charge on any atom is 0.113 e. The van der Waals surface area contributed by atoms with E-state index in [1.54, 1.807) is 0 Å². The van der Waals surface area contributed by atoms with Gasteiger partial charge in [-0.25, -0.2) is 0 Å². The third-order valence-electron chi connectivity index (χ3n) is 1.09. The second-order valence-corrected chi connectivity index (χ2v) is 1.97. The molecule has 0 aromatic heterocycles.